The van der Waals surface area contributed by atoms with Gasteiger partial charge in [0.2, 0.25) is 11.8 Å². The molecule has 1 saturated heterocycles. The lowest BCUT2D eigenvalue weighted by molar-refractivity contribution is -0.140. The van der Waals surface area contributed by atoms with E-state index in [1.165, 1.54) is 0 Å². The van der Waals surface area contributed by atoms with Gasteiger partial charge in [-0.2, -0.15) is 0 Å². The minimum atomic E-state index is -0.372. The van der Waals surface area contributed by atoms with Crippen LogP contribution < -0.4 is 11.1 Å². The third-order valence-electron chi connectivity index (χ3n) is 5.62. The van der Waals surface area contributed by atoms with Crippen LogP contribution >= 0.6 is 12.4 Å². The summed E-state index contributed by atoms with van der Waals surface area (Å²) in [6, 6.07) is 0. The molecule has 0 aromatic carbocycles. The lowest BCUT2D eigenvalue weighted by Crippen LogP contribution is -2.55. The second kappa shape index (κ2) is 8.72. The Bertz CT molecular complexity index is 474. The Kier molecular flexibility index (Phi) is 7.75. The van der Waals surface area contributed by atoms with Gasteiger partial charge in [0.1, 0.15) is 0 Å². The number of carbonyl (C=O) groups excluding carboxylic acids is 2. The number of hydrogen-bond donors (Lipinski definition) is 2. The highest BCUT2D eigenvalue weighted by Gasteiger charge is 2.40. The van der Waals surface area contributed by atoms with Crippen LogP contribution in [-0.4, -0.2) is 41.9 Å². The summed E-state index contributed by atoms with van der Waals surface area (Å²) in [5.74, 6) is 0.607. The van der Waals surface area contributed by atoms with Crippen molar-refractivity contribution in [2.45, 2.75) is 71.8 Å². The van der Waals surface area contributed by atoms with E-state index >= 15 is 0 Å². The first-order chi connectivity index (χ1) is 11.1. The van der Waals surface area contributed by atoms with Gasteiger partial charge < -0.3 is 16.0 Å². The molecule has 3 unspecified atom stereocenters. The molecule has 25 heavy (non-hydrogen) atoms. The van der Waals surface area contributed by atoms with Crippen LogP contribution in [0.15, 0.2) is 0 Å². The fraction of sp³-hybridized carbons (Fsp3) is 0.895. The van der Waals surface area contributed by atoms with E-state index in [0.29, 0.717) is 12.5 Å². The Morgan fingerprint density at radius 3 is 2.48 bits per heavy atom. The van der Waals surface area contributed by atoms with Crippen molar-refractivity contribution in [1.29, 1.82) is 0 Å². The predicted octanol–water partition coefficient (Wildman–Crippen LogP) is 2.72. The van der Waals surface area contributed by atoms with Gasteiger partial charge in [-0.15, -0.1) is 12.4 Å². The van der Waals surface area contributed by atoms with Crippen molar-refractivity contribution in [1.82, 2.24) is 10.2 Å². The lowest BCUT2D eigenvalue weighted by atomic mass is 9.73. The summed E-state index contributed by atoms with van der Waals surface area (Å²) in [6.07, 6.45) is 6.14. The number of nitrogens with two attached hydrogens (primary N) is 1. The molecule has 2 aliphatic rings. The van der Waals surface area contributed by atoms with Crippen molar-refractivity contribution in [3.05, 3.63) is 0 Å². The second-order valence-corrected chi connectivity index (χ2v) is 9.06. The Morgan fingerprint density at radius 2 is 1.88 bits per heavy atom. The standard InChI is InChI=1S/C19H35N3O2.ClH/c1-18(2,3)17(24)21-12-14-8-7-11-22(13-14)16(23)15-9-5-6-10-19(15,4)20;/h14-15H,5-13,20H2,1-4H3,(H,21,24);1H. The molecule has 2 amide bonds. The first kappa shape index (κ1) is 22.2. The lowest BCUT2D eigenvalue weighted by Gasteiger charge is -2.42. The van der Waals surface area contributed by atoms with E-state index < -0.39 is 0 Å². The van der Waals surface area contributed by atoms with Gasteiger partial charge in [-0.25, -0.2) is 0 Å². The molecule has 3 atom stereocenters. The van der Waals surface area contributed by atoms with Crippen LogP contribution in [0.3, 0.4) is 0 Å². The Balaban J connectivity index is 0.00000312. The molecular formula is C19H36ClN3O2. The van der Waals surface area contributed by atoms with Crippen LogP contribution in [0.25, 0.3) is 0 Å². The van der Waals surface area contributed by atoms with Crippen LogP contribution in [0, 0.1) is 17.3 Å². The summed E-state index contributed by atoms with van der Waals surface area (Å²) in [4.78, 5) is 27.0. The maximum Gasteiger partial charge on any atom is 0.227 e. The fourth-order valence-electron chi connectivity index (χ4n) is 3.92. The summed E-state index contributed by atoms with van der Waals surface area (Å²) in [6.45, 7) is 10.0. The normalized spacial score (nSPS) is 30.4. The third kappa shape index (κ3) is 5.85. The highest BCUT2D eigenvalue weighted by Crippen LogP contribution is 2.33. The van der Waals surface area contributed by atoms with Gasteiger partial charge in [0.25, 0.3) is 0 Å². The van der Waals surface area contributed by atoms with Gasteiger partial charge in [0.05, 0.1) is 5.92 Å². The van der Waals surface area contributed by atoms with E-state index in [9.17, 15) is 9.59 Å². The highest BCUT2D eigenvalue weighted by molar-refractivity contribution is 5.85. The number of carbonyl (C=O) groups is 2. The van der Waals surface area contributed by atoms with Gasteiger partial charge in [0.15, 0.2) is 0 Å². The van der Waals surface area contributed by atoms with Crippen LogP contribution in [0.1, 0.15) is 66.2 Å². The number of nitrogens with zero attached hydrogens (tertiary/aromatic N) is 1. The monoisotopic (exact) mass is 373 g/mol. The summed E-state index contributed by atoms with van der Waals surface area (Å²) in [5, 5.41) is 3.05. The van der Waals surface area contributed by atoms with Crippen LogP contribution in [0.5, 0.6) is 0 Å². The van der Waals surface area contributed by atoms with Gasteiger partial charge in [-0.3, -0.25) is 9.59 Å². The van der Waals surface area contributed by atoms with E-state index in [1.807, 2.05) is 32.6 Å². The SMILES string of the molecule is CC(C)(C)C(=O)NCC1CCCN(C(=O)C2CCCCC2(C)N)C1.Cl. The number of likely N-dealkylation sites (tertiary alicyclic amines) is 1. The van der Waals surface area contributed by atoms with E-state index in [2.05, 4.69) is 5.32 Å². The molecule has 0 bridgehead atoms. The number of nitrogens with one attached hydrogen (secondary N) is 1. The molecule has 1 saturated carbocycles. The molecule has 0 aromatic heterocycles. The quantitative estimate of drug-likeness (QED) is 0.798. The summed E-state index contributed by atoms with van der Waals surface area (Å²) >= 11 is 0. The highest BCUT2D eigenvalue weighted by atomic mass is 35.5. The molecule has 2 rings (SSSR count). The molecule has 1 heterocycles. The zero-order valence-corrected chi connectivity index (χ0v) is 17.1. The zero-order chi connectivity index (χ0) is 18.0. The van der Waals surface area contributed by atoms with E-state index in [4.69, 9.17) is 5.73 Å². The molecule has 5 nitrogen and oxygen atoms in total. The van der Waals surface area contributed by atoms with Gasteiger partial charge in [-0.05, 0) is 38.5 Å². The summed E-state index contributed by atoms with van der Waals surface area (Å²) < 4.78 is 0. The molecule has 6 heteroatoms. The van der Waals surface area contributed by atoms with Crippen molar-refractivity contribution < 1.29 is 9.59 Å². The van der Waals surface area contributed by atoms with Crippen LogP contribution in [0.4, 0.5) is 0 Å². The molecule has 1 aliphatic heterocycles. The number of rotatable bonds is 3. The van der Waals surface area contributed by atoms with E-state index in [-0.39, 0.29) is 41.1 Å². The van der Waals surface area contributed by atoms with Crippen molar-refractivity contribution in [3.63, 3.8) is 0 Å². The first-order valence-corrected chi connectivity index (χ1v) is 9.47. The molecule has 0 aromatic rings. The molecule has 0 spiro atoms. The molecule has 3 N–H and O–H groups in total. The van der Waals surface area contributed by atoms with E-state index in [0.717, 1.165) is 51.6 Å². The average molecular weight is 374 g/mol. The third-order valence-corrected chi connectivity index (χ3v) is 5.62. The molecular weight excluding hydrogens is 338 g/mol. The Morgan fingerprint density at radius 1 is 1.20 bits per heavy atom. The number of amides is 2. The molecule has 2 fully saturated rings. The van der Waals surface area contributed by atoms with E-state index in [1.54, 1.807) is 0 Å². The largest absolute Gasteiger partial charge is 0.355 e. The number of hydrogen-bond acceptors (Lipinski definition) is 3. The van der Waals surface area contributed by atoms with Gasteiger partial charge in [-0.1, -0.05) is 33.6 Å². The molecule has 0 radical (unpaired) electrons. The second-order valence-electron chi connectivity index (χ2n) is 9.06. The summed E-state index contributed by atoms with van der Waals surface area (Å²) in [5.41, 5.74) is 5.67. The Labute approximate surface area is 158 Å². The topological polar surface area (TPSA) is 75.4 Å². The van der Waals surface area contributed by atoms with Crippen molar-refractivity contribution in [2.24, 2.45) is 23.0 Å². The minimum absolute atomic E-state index is 0. The van der Waals surface area contributed by atoms with Gasteiger partial charge in [0, 0.05) is 30.6 Å². The Hall–Kier alpha value is -0.810. The van der Waals surface area contributed by atoms with Crippen LogP contribution in [0.2, 0.25) is 0 Å². The van der Waals surface area contributed by atoms with Gasteiger partial charge >= 0.3 is 0 Å². The van der Waals surface area contributed by atoms with Crippen LogP contribution in [-0.2, 0) is 9.59 Å². The smallest absolute Gasteiger partial charge is 0.227 e. The maximum absolute atomic E-state index is 13.0. The zero-order valence-electron chi connectivity index (χ0n) is 16.3. The average Bonchev–Trinajstić information content (AvgIpc) is 2.51. The predicted molar refractivity (Wildman–Crippen MR) is 104 cm³/mol. The minimum Gasteiger partial charge on any atom is -0.355 e. The van der Waals surface area contributed by atoms with Crippen molar-refractivity contribution >= 4 is 24.2 Å². The fourth-order valence-corrected chi connectivity index (χ4v) is 3.92. The van der Waals surface area contributed by atoms with Crippen molar-refractivity contribution in [3.8, 4) is 0 Å². The van der Waals surface area contributed by atoms with Crippen molar-refractivity contribution in [2.75, 3.05) is 19.6 Å². The first-order valence-electron chi connectivity index (χ1n) is 9.47. The number of piperidine rings is 1. The molecule has 1 aliphatic carbocycles. The maximum atomic E-state index is 13.0. The molecule has 146 valence electrons. The number of halogens is 1. The summed E-state index contributed by atoms with van der Waals surface area (Å²) in [7, 11) is 0.